The number of amides is 1. The van der Waals surface area contributed by atoms with Crippen LogP contribution in [0.5, 0.6) is 0 Å². The number of hydrogen-bond acceptors (Lipinski definition) is 4. The summed E-state index contributed by atoms with van der Waals surface area (Å²) in [7, 11) is 0. The van der Waals surface area contributed by atoms with E-state index in [1.165, 1.54) is 6.07 Å². The van der Waals surface area contributed by atoms with Gasteiger partial charge in [0, 0.05) is 23.3 Å². The second kappa shape index (κ2) is 7.99. The van der Waals surface area contributed by atoms with Crippen LogP contribution in [-0.4, -0.2) is 20.9 Å². The highest BCUT2D eigenvalue weighted by Gasteiger charge is 2.15. The van der Waals surface area contributed by atoms with Crippen molar-refractivity contribution >= 4 is 16.8 Å². The number of aromatic nitrogens is 3. The van der Waals surface area contributed by atoms with Gasteiger partial charge in [0.15, 0.2) is 0 Å². The van der Waals surface area contributed by atoms with E-state index in [1.807, 2.05) is 50.5 Å². The average molecular weight is 400 g/mol. The Morgan fingerprint density at radius 2 is 1.67 bits per heavy atom. The predicted molar refractivity (Wildman–Crippen MR) is 115 cm³/mol. The number of nitrogens with two attached hydrogens (primary N) is 1. The molecular formula is C24H21FN4O. The zero-order valence-corrected chi connectivity index (χ0v) is 16.8. The van der Waals surface area contributed by atoms with Crippen molar-refractivity contribution in [2.24, 2.45) is 5.73 Å². The van der Waals surface area contributed by atoms with E-state index in [4.69, 9.17) is 5.73 Å². The maximum atomic E-state index is 14.7. The maximum Gasteiger partial charge on any atom is 0.267 e. The summed E-state index contributed by atoms with van der Waals surface area (Å²) in [5.41, 5.74) is 10.1. The number of aryl methyl sites for hydroxylation is 4. The molecular weight excluding hydrogens is 379 g/mol. The second-order valence-electron chi connectivity index (χ2n) is 7.39. The molecule has 4 aromatic rings. The van der Waals surface area contributed by atoms with Gasteiger partial charge in [-0.05, 0) is 67.1 Å². The molecule has 0 aliphatic carbocycles. The number of rotatable bonds is 5. The molecule has 0 unspecified atom stereocenters. The first-order valence-electron chi connectivity index (χ1n) is 9.68. The molecule has 0 bridgehead atoms. The van der Waals surface area contributed by atoms with Crippen molar-refractivity contribution in [1.82, 2.24) is 15.0 Å². The van der Waals surface area contributed by atoms with Gasteiger partial charge in [0.05, 0.1) is 5.52 Å². The first kappa shape index (κ1) is 19.6. The van der Waals surface area contributed by atoms with E-state index in [1.54, 1.807) is 12.1 Å². The minimum atomic E-state index is -0.645. The average Bonchev–Trinajstić information content (AvgIpc) is 2.72. The molecule has 2 aromatic heterocycles. The molecule has 0 aliphatic rings. The summed E-state index contributed by atoms with van der Waals surface area (Å²) in [5, 5.41) is 0.769. The van der Waals surface area contributed by atoms with E-state index >= 15 is 0 Å². The Balaban J connectivity index is 1.75. The third kappa shape index (κ3) is 4.03. The minimum absolute atomic E-state index is 0.113. The van der Waals surface area contributed by atoms with Crippen LogP contribution in [-0.2, 0) is 12.8 Å². The molecule has 4 rings (SSSR count). The van der Waals surface area contributed by atoms with Gasteiger partial charge < -0.3 is 5.73 Å². The lowest BCUT2D eigenvalue weighted by Gasteiger charge is -2.11. The third-order valence-corrected chi connectivity index (χ3v) is 5.08. The topological polar surface area (TPSA) is 81.8 Å². The Hall–Kier alpha value is -3.67. The van der Waals surface area contributed by atoms with Gasteiger partial charge in [-0.3, -0.25) is 4.79 Å². The van der Waals surface area contributed by atoms with Gasteiger partial charge in [0.25, 0.3) is 5.91 Å². The van der Waals surface area contributed by atoms with Crippen LogP contribution in [0.15, 0.2) is 54.9 Å². The van der Waals surface area contributed by atoms with Crippen molar-refractivity contribution in [2.75, 3.05) is 0 Å². The molecule has 6 heteroatoms. The normalized spacial score (nSPS) is 11.0. The molecule has 30 heavy (non-hydrogen) atoms. The van der Waals surface area contributed by atoms with Gasteiger partial charge in [-0.25, -0.2) is 19.3 Å². The largest absolute Gasteiger partial charge is 0.364 e. The summed E-state index contributed by atoms with van der Waals surface area (Å²) in [5.74, 6) is -0.252. The van der Waals surface area contributed by atoms with Crippen molar-refractivity contribution in [2.45, 2.75) is 26.7 Å². The van der Waals surface area contributed by atoms with Crippen molar-refractivity contribution in [1.29, 1.82) is 0 Å². The van der Waals surface area contributed by atoms with Gasteiger partial charge >= 0.3 is 0 Å². The van der Waals surface area contributed by atoms with E-state index in [-0.39, 0.29) is 11.5 Å². The van der Waals surface area contributed by atoms with Crippen molar-refractivity contribution in [3.8, 4) is 11.1 Å². The number of nitrogens with zero attached hydrogens (tertiary/aromatic N) is 3. The molecule has 0 saturated heterocycles. The SMILES string of the molecule is Cc1ccc(-c2cc(C(N)=O)nc3cc(CCc4cnc(C)nc4)ccc23)c(F)c1. The Labute approximate surface area is 173 Å². The monoisotopic (exact) mass is 400 g/mol. The van der Waals surface area contributed by atoms with Crippen LogP contribution in [0, 0.1) is 19.7 Å². The molecule has 0 aliphatic heterocycles. The molecule has 0 fully saturated rings. The molecule has 0 radical (unpaired) electrons. The van der Waals surface area contributed by atoms with Gasteiger partial charge in [0.1, 0.15) is 17.3 Å². The quantitative estimate of drug-likeness (QED) is 0.541. The van der Waals surface area contributed by atoms with Gasteiger partial charge in [-0.1, -0.05) is 24.3 Å². The molecule has 0 saturated carbocycles. The highest BCUT2D eigenvalue weighted by atomic mass is 19.1. The van der Waals surface area contributed by atoms with Crippen molar-refractivity contribution in [3.63, 3.8) is 0 Å². The molecule has 5 nitrogen and oxygen atoms in total. The van der Waals surface area contributed by atoms with Crippen LogP contribution >= 0.6 is 0 Å². The van der Waals surface area contributed by atoms with E-state index in [2.05, 4.69) is 15.0 Å². The minimum Gasteiger partial charge on any atom is -0.364 e. The molecule has 2 N–H and O–H groups in total. The maximum absolute atomic E-state index is 14.7. The van der Waals surface area contributed by atoms with Crippen molar-refractivity contribution < 1.29 is 9.18 Å². The fraction of sp³-hybridized carbons (Fsp3) is 0.167. The number of pyridine rings is 1. The Morgan fingerprint density at radius 1 is 0.933 bits per heavy atom. The number of halogens is 1. The van der Waals surface area contributed by atoms with E-state index in [9.17, 15) is 9.18 Å². The Bertz CT molecular complexity index is 1250. The van der Waals surface area contributed by atoms with Crippen LogP contribution < -0.4 is 5.73 Å². The van der Waals surface area contributed by atoms with Gasteiger partial charge in [-0.2, -0.15) is 0 Å². The molecule has 2 aromatic carbocycles. The van der Waals surface area contributed by atoms with Crippen LogP contribution in [0.3, 0.4) is 0 Å². The van der Waals surface area contributed by atoms with E-state index in [0.29, 0.717) is 16.6 Å². The summed E-state index contributed by atoms with van der Waals surface area (Å²) in [6.07, 6.45) is 5.19. The lowest BCUT2D eigenvalue weighted by atomic mass is 9.96. The molecule has 1 amide bonds. The molecule has 2 heterocycles. The van der Waals surface area contributed by atoms with Crippen LogP contribution in [0.25, 0.3) is 22.0 Å². The summed E-state index contributed by atoms with van der Waals surface area (Å²) in [4.78, 5) is 24.7. The van der Waals surface area contributed by atoms with E-state index < -0.39 is 5.91 Å². The third-order valence-electron chi connectivity index (χ3n) is 5.08. The van der Waals surface area contributed by atoms with Crippen LogP contribution in [0.4, 0.5) is 4.39 Å². The number of benzene rings is 2. The first-order chi connectivity index (χ1) is 14.4. The van der Waals surface area contributed by atoms with E-state index in [0.717, 1.165) is 40.7 Å². The van der Waals surface area contributed by atoms with Crippen molar-refractivity contribution in [3.05, 3.63) is 88.9 Å². The lowest BCUT2D eigenvalue weighted by Crippen LogP contribution is -2.13. The number of fused-ring (bicyclic) bond motifs is 1. The fourth-order valence-electron chi connectivity index (χ4n) is 3.45. The smallest absolute Gasteiger partial charge is 0.267 e. The lowest BCUT2D eigenvalue weighted by molar-refractivity contribution is 0.0996. The summed E-state index contributed by atoms with van der Waals surface area (Å²) in [6, 6.07) is 12.4. The zero-order chi connectivity index (χ0) is 21.3. The Kier molecular flexibility index (Phi) is 5.23. The molecule has 150 valence electrons. The number of primary amides is 1. The number of carbonyl (C=O) groups is 1. The summed E-state index contributed by atoms with van der Waals surface area (Å²) >= 11 is 0. The standard InChI is InChI=1S/C24H21FN4O/c1-14-3-7-18(21(25)9-14)20-11-23(24(26)30)29-22-10-16(6-8-19(20)22)4-5-17-12-27-15(2)28-13-17/h3,6-13H,4-5H2,1-2H3,(H2,26,30). The number of carbonyl (C=O) groups excluding carboxylic acids is 1. The number of hydrogen-bond donors (Lipinski definition) is 1. The van der Waals surface area contributed by atoms with Gasteiger partial charge in [0.2, 0.25) is 0 Å². The molecule has 0 atom stereocenters. The zero-order valence-electron chi connectivity index (χ0n) is 16.8. The Morgan fingerprint density at radius 3 is 2.37 bits per heavy atom. The molecule has 0 spiro atoms. The first-order valence-corrected chi connectivity index (χ1v) is 9.68. The highest BCUT2D eigenvalue weighted by Crippen LogP contribution is 2.31. The highest BCUT2D eigenvalue weighted by molar-refractivity contribution is 6.01. The van der Waals surface area contributed by atoms with Crippen LogP contribution in [0.1, 0.15) is 33.0 Å². The fourth-order valence-corrected chi connectivity index (χ4v) is 3.45. The summed E-state index contributed by atoms with van der Waals surface area (Å²) in [6.45, 7) is 3.68. The van der Waals surface area contributed by atoms with Gasteiger partial charge in [-0.15, -0.1) is 0 Å². The summed E-state index contributed by atoms with van der Waals surface area (Å²) < 4.78 is 14.7. The predicted octanol–water partition coefficient (Wildman–Crippen LogP) is 4.33. The van der Waals surface area contributed by atoms with Crippen LogP contribution in [0.2, 0.25) is 0 Å². The second-order valence-corrected chi connectivity index (χ2v) is 7.39.